The third kappa shape index (κ3) is 2.60. The zero-order chi connectivity index (χ0) is 25.0. The van der Waals surface area contributed by atoms with E-state index in [4.69, 9.17) is 4.65 Å². The van der Waals surface area contributed by atoms with Gasteiger partial charge in [0.2, 0.25) is 0 Å². The number of benzene rings is 4. The molecule has 1 heterocycles. The number of hydrogen-bond donors (Lipinski definition) is 0. The molecule has 1 fully saturated rings. The summed E-state index contributed by atoms with van der Waals surface area (Å²) in [5.41, 5.74) is 11.2. The molecule has 0 N–H and O–H groups in total. The summed E-state index contributed by atoms with van der Waals surface area (Å²) in [6.07, 6.45) is 0.944. The highest BCUT2D eigenvalue weighted by Crippen LogP contribution is 2.62. The summed E-state index contributed by atoms with van der Waals surface area (Å²) >= 11 is 0. The lowest BCUT2D eigenvalue weighted by molar-refractivity contribution is 0.0375. The zero-order valence-electron chi connectivity index (χ0n) is 21.6. The van der Waals surface area contributed by atoms with Gasteiger partial charge in [0.05, 0.1) is 11.0 Å². The van der Waals surface area contributed by atoms with Crippen LogP contribution in [0.2, 0.25) is 6.32 Å². The van der Waals surface area contributed by atoms with E-state index in [0.29, 0.717) is 0 Å². The number of halogens is 1. The highest BCUT2D eigenvalue weighted by Gasteiger charge is 2.56. The molecule has 0 saturated carbocycles. The maximum atomic E-state index is 15.0. The average molecular weight is 472 g/mol. The Balaban J connectivity index is 1.63. The van der Waals surface area contributed by atoms with Crippen molar-refractivity contribution in [3.05, 3.63) is 112 Å². The zero-order valence-corrected chi connectivity index (χ0v) is 21.6. The van der Waals surface area contributed by atoms with Crippen molar-refractivity contribution in [2.24, 2.45) is 5.41 Å². The second-order valence-corrected chi connectivity index (χ2v) is 12.0. The third-order valence-electron chi connectivity index (χ3n) is 9.46. The van der Waals surface area contributed by atoms with E-state index in [0.717, 1.165) is 17.4 Å². The summed E-state index contributed by atoms with van der Waals surface area (Å²) in [4.78, 5) is 0. The topological polar surface area (TPSA) is 9.23 Å². The van der Waals surface area contributed by atoms with Crippen LogP contribution in [0.25, 0.3) is 22.3 Å². The van der Waals surface area contributed by atoms with Crippen LogP contribution in [0.3, 0.4) is 0 Å². The minimum Gasteiger partial charge on any atom is -0.426 e. The Morgan fingerprint density at radius 2 is 1.39 bits per heavy atom. The maximum absolute atomic E-state index is 15.0. The molecule has 0 amide bonds. The van der Waals surface area contributed by atoms with Crippen LogP contribution in [0, 0.1) is 18.2 Å². The van der Waals surface area contributed by atoms with Gasteiger partial charge in [0.1, 0.15) is 5.82 Å². The van der Waals surface area contributed by atoms with Gasteiger partial charge in [0.15, 0.2) is 0 Å². The van der Waals surface area contributed by atoms with Gasteiger partial charge in [-0.25, -0.2) is 4.39 Å². The first kappa shape index (κ1) is 22.1. The van der Waals surface area contributed by atoms with Gasteiger partial charge in [0.25, 0.3) is 0 Å². The van der Waals surface area contributed by atoms with Gasteiger partial charge in [-0.3, -0.25) is 0 Å². The van der Waals surface area contributed by atoms with Crippen molar-refractivity contribution in [2.45, 2.75) is 52.0 Å². The molecular weight excluding hydrogens is 442 g/mol. The fraction of sp³-hybridized carbons (Fsp3) is 0.273. The van der Waals surface area contributed by atoms with Crippen LogP contribution in [0.4, 0.5) is 4.39 Å². The number of aryl methyl sites for hydroxylation is 1. The Morgan fingerprint density at radius 1 is 0.722 bits per heavy atom. The van der Waals surface area contributed by atoms with E-state index in [1.807, 2.05) is 6.07 Å². The van der Waals surface area contributed by atoms with Crippen LogP contribution < -0.4 is 5.46 Å². The predicted molar refractivity (Wildman–Crippen MR) is 147 cm³/mol. The molecule has 3 aliphatic rings. The van der Waals surface area contributed by atoms with Crippen molar-refractivity contribution >= 4 is 12.4 Å². The van der Waals surface area contributed by atoms with Crippen LogP contribution in [0.15, 0.2) is 78.9 Å². The molecule has 4 aromatic rings. The molecule has 1 nitrogen and oxygen atoms in total. The first-order chi connectivity index (χ1) is 17.1. The fourth-order valence-corrected chi connectivity index (χ4v) is 7.07. The molecule has 36 heavy (non-hydrogen) atoms. The van der Waals surface area contributed by atoms with Gasteiger partial charge in [-0.15, -0.1) is 0 Å². The number of fused-ring (bicyclic) bond motifs is 10. The van der Waals surface area contributed by atoms with Gasteiger partial charge < -0.3 is 4.65 Å². The summed E-state index contributed by atoms with van der Waals surface area (Å²) in [6.45, 7) is 11.1. The lowest BCUT2D eigenvalue weighted by atomic mass is 9.51. The van der Waals surface area contributed by atoms with E-state index in [1.54, 1.807) is 12.1 Å². The molecule has 1 spiro atoms. The molecule has 1 atom stereocenters. The Labute approximate surface area is 213 Å². The standard InChI is InChI=1S/C33H30BFO/c1-20-13-15-23-24-16-14-21(35)18-28(24)33(27(23)17-20)26-11-7-6-9-22(26)25-10-8-12-29(30(25)33)34-19-31(2,3)32(4,5)36-34/h6-18H,19H2,1-5H3. The summed E-state index contributed by atoms with van der Waals surface area (Å²) < 4.78 is 21.9. The molecule has 178 valence electrons. The Kier molecular flexibility index (Phi) is 4.28. The highest BCUT2D eigenvalue weighted by atomic mass is 19.1. The van der Waals surface area contributed by atoms with Crippen LogP contribution >= 0.6 is 0 Å². The monoisotopic (exact) mass is 472 g/mol. The smallest absolute Gasteiger partial charge is 0.328 e. The molecule has 0 bridgehead atoms. The van der Waals surface area contributed by atoms with Gasteiger partial charge in [0, 0.05) is 0 Å². The molecule has 1 unspecified atom stereocenters. The van der Waals surface area contributed by atoms with Gasteiger partial charge in [-0.2, -0.15) is 0 Å². The molecular formula is C33H30BFO. The summed E-state index contributed by atoms with van der Waals surface area (Å²) in [5, 5.41) is 0. The predicted octanol–water partition coefficient (Wildman–Crippen LogP) is 7.51. The third-order valence-corrected chi connectivity index (χ3v) is 9.46. The van der Waals surface area contributed by atoms with E-state index >= 15 is 4.39 Å². The molecule has 4 aromatic carbocycles. The second-order valence-electron chi connectivity index (χ2n) is 12.0. The molecule has 2 aliphatic carbocycles. The fourth-order valence-electron chi connectivity index (χ4n) is 7.07. The highest BCUT2D eigenvalue weighted by molar-refractivity contribution is 6.69. The molecule has 0 radical (unpaired) electrons. The van der Waals surface area contributed by atoms with Crippen molar-refractivity contribution in [3.8, 4) is 22.3 Å². The summed E-state index contributed by atoms with van der Waals surface area (Å²) in [7, 11) is 0. The lowest BCUT2D eigenvalue weighted by Crippen LogP contribution is -2.41. The van der Waals surface area contributed by atoms with Crippen LogP contribution in [0.1, 0.15) is 55.5 Å². The van der Waals surface area contributed by atoms with E-state index in [9.17, 15) is 0 Å². The van der Waals surface area contributed by atoms with Crippen LogP contribution in [-0.4, -0.2) is 12.5 Å². The largest absolute Gasteiger partial charge is 0.426 e. The SMILES string of the molecule is Cc1ccc2c(c1)C1(c3cc(F)ccc3-2)c2ccccc2-c2cccc(B3CC(C)(C)C(C)(C)O3)c21. The quantitative estimate of drug-likeness (QED) is 0.225. The minimum atomic E-state index is -0.568. The normalized spacial score (nSPS) is 21.9. The minimum absolute atomic E-state index is 0.0259. The van der Waals surface area contributed by atoms with Gasteiger partial charge in [-0.1, -0.05) is 86.1 Å². The van der Waals surface area contributed by atoms with Crippen molar-refractivity contribution in [3.63, 3.8) is 0 Å². The maximum Gasteiger partial charge on any atom is 0.328 e. The number of rotatable bonds is 1. The second kappa shape index (κ2) is 6.98. The molecule has 0 aromatic heterocycles. The van der Waals surface area contributed by atoms with Crippen molar-refractivity contribution in [1.29, 1.82) is 0 Å². The molecule has 1 saturated heterocycles. The van der Waals surface area contributed by atoms with E-state index in [-0.39, 0.29) is 23.7 Å². The van der Waals surface area contributed by atoms with Gasteiger partial charge >= 0.3 is 6.92 Å². The lowest BCUT2D eigenvalue weighted by Gasteiger charge is -2.34. The van der Waals surface area contributed by atoms with E-state index in [2.05, 4.69) is 95.3 Å². The first-order valence-electron chi connectivity index (χ1n) is 13.0. The molecule has 7 rings (SSSR count). The Hall–Kier alpha value is -3.17. The van der Waals surface area contributed by atoms with Crippen molar-refractivity contribution in [2.75, 3.05) is 0 Å². The summed E-state index contributed by atoms with van der Waals surface area (Å²) in [5.74, 6) is -0.194. The number of hydrogen-bond acceptors (Lipinski definition) is 1. The van der Waals surface area contributed by atoms with Crippen molar-refractivity contribution < 1.29 is 9.04 Å². The Morgan fingerprint density at radius 3 is 2.14 bits per heavy atom. The van der Waals surface area contributed by atoms with Crippen LogP contribution in [-0.2, 0) is 10.1 Å². The van der Waals surface area contributed by atoms with Crippen molar-refractivity contribution in [1.82, 2.24) is 0 Å². The Bertz CT molecular complexity index is 1510. The first-order valence-corrected chi connectivity index (χ1v) is 13.0. The van der Waals surface area contributed by atoms with E-state index < -0.39 is 5.41 Å². The molecule has 3 heteroatoms. The van der Waals surface area contributed by atoms with Crippen LogP contribution in [0.5, 0.6) is 0 Å². The molecule has 1 aliphatic heterocycles. The van der Waals surface area contributed by atoms with Gasteiger partial charge in [-0.05, 0) is 94.6 Å². The van der Waals surface area contributed by atoms with E-state index in [1.165, 1.54) is 44.4 Å². The summed E-state index contributed by atoms with van der Waals surface area (Å²) in [6, 6.07) is 27.4. The average Bonchev–Trinajstić information content (AvgIpc) is 3.38.